The average Bonchev–Trinajstić information content (AvgIpc) is 2.95. The number of anilines is 1. The van der Waals surface area contributed by atoms with Crippen molar-refractivity contribution < 1.29 is 22.4 Å². The first-order valence-corrected chi connectivity index (χ1v) is 9.61. The van der Waals surface area contributed by atoms with Crippen LogP contribution in [0.2, 0.25) is 0 Å². The molecule has 2 aromatic heterocycles. The SMILES string of the molecule is CCCOC(=O)Cn1c(=O)oc2cc(S(=O)(=O)Nc3cccnc3)ccc21. The minimum absolute atomic E-state index is 0.0531. The Morgan fingerprint density at radius 3 is 2.85 bits per heavy atom. The number of hydrogen-bond donors (Lipinski definition) is 1. The number of oxazole rings is 1. The Hall–Kier alpha value is -3.14. The van der Waals surface area contributed by atoms with Crippen LogP contribution in [0.15, 0.2) is 56.8 Å². The van der Waals surface area contributed by atoms with E-state index in [9.17, 15) is 18.0 Å². The maximum absolute atomic E-state index is 12.5. The molecule has 0 aliphatic carbocycles. The lowest BCUT2D eigenvalue weighted by Gasteiger charge is -2.07. The third-order valence-corrected chi connectivity index (χ3v) is 5.00. The van der Waals surface area contributed by atoms with Crippen LogP contribution in [0.5, 0.6) is 0 Å². The normalized spacial score (nSPS) is 11.4. The molecule has 0 aliphatic rings. The fourth-order valence-electron chi connectivity index (χ4n) is 2.39. The zero-order valence-electron chi connectivity index (χ0n) is 14.4. The van der Waals surface area contributed by atoms with Crippen molar-refractivity contribution in [3.8, 4) is 0 Å². The number of esters is 1. The van der Waals surface area contributed by atoms with Crippen LogP contribution >= 0.6 is 0 Å². The number of hydrogen-bond acceptors (Lipinski definition) is 7. The number of pyridine rings is 1. The summed E-state index contributed by atoms with van der Waals surface area (Å²) in [6.07, 6.45) is 3.55. The number of ether oxygens (including phenoxy) is 1. The smallest absolute Gasteiger partial charge is 0.420 e. The monoisotopic (exact) mass is 391 g/mol. The molecule has 1 N–H and O–H groups in total. The topological polar surface area (TPSA) is 120 Å². The number of carbonyl (C=O) groups excluding carboxylic acids is 1. The highest BCUT2D eigenvalue weighted by molar-refractivity contribution is 7.92. The number of aromatic nitrogens is 2. The van der Waals surface area contributed by atoms with Crippen molar-refractivity contribution in [1.82, 2.24) is 9.55 Å². The Bertz CT molecular complexity index is 1120. The number of benzene rings is 1. The highest BCUT2D eigenvalue weighted by atomic mass is 32.2. The summed E-state index contributed by atoms with van der Waals surface area (Å²) in [5.74, 6) is -1.34. The molecule has 1 aromatic carbocycles. The molecule has 0 amide bonds. The molecule has 0 aliphatic heterocycles. The summed E-state index contributed by atoms with van der Waals surface area (Å²) in [6, 6.07) is 7.11. The fraction of sp³-hybridized carbons (Fsp3) is 0.235. The quantitative estimate of drug-likeness (QED) is 0.609. The highest BCUT2D eigenvalue weighted by Gasteiger charge is 2.19. The predicted molar refractivity (Wildman–Crippen MR) is 96.8 cm³/mol. The summed E-state index contributed by atoms with van der Waals surface area (Å²) in [7, 11) is -3.90. The van der Waals surface area contributed by atoms with E-state index >= 15 is 0 Å². The molecule has 3 rings (SSSR count). The molecule has 0 fully saturated rings. The van der Waals surface area contributed by atoms with Crippen LogP contribution in [-0.2, 0) is 26.1 Å². The summed E-state index contributed by atoms with van der Waals surface area (Å²) in [5.41, 5.74) is 0.654. The average molecular weight is 391 g/mol. The molecular weight excluding hydrogens is 374 g/mol. The van der Waals surface area contributed by atoms with E-state index in [2.05, 4.69) is 9.71 Å². The van der Waals surface area contributed by atoms with Gasteiger partial charge in [0.25, 0.3) is 10.0 Å². The second kappa shape index (κ2) is 7.62. The molecule has 0 unspecified atom stereocenters. The van der Waals surface area contributed by atoms with E-state index in [0.29, 0.717) is 17.6 Å². The number of nitrogens with zero attached hydrogens (tertiary/aromatic N) is 2. The van der Waals surface area contributed by atoms with Gasteiger partial charge in [0.15, 0.2) is 5.58 Å². The van der Waals surface area contributed by atoms with Gasteiger partial charge in [-0.3, -0.25) is 19.1 Å². The number of fused-ring (bicyclic) bond motifs is 1. The third kappa shape index (κ3) is 4.17. The molecule has 0 radical (unpaired) electrons. The molecule has 27 heavy (non-hydrogen) atoms. The van der Waals surface area contributed by atoms with Gasteiger partial charge in [0.1, 0.15) is 6.54 Å². The van der Waals surface area contributed by atoms with Crippen LogP contribution in [0.1, 0.15) is 13.3 Å². The lowest BCUT2D eigenvalue weighted by molar-refractivity contribution is -0.144. The largest absolute Gasteiger partial charge is 0.464 e. The lowest BCUT2D eigenvalue weighted by atomic mass is 10.3. The standard InChI is InChI=1S/C17H17N3O6S/c1-2-8-25-16(21)11-20-14-6-5-13(9-15(14)26-17(20)22)27(23,24)19-12-4-3-7-18-10-12/h3-7,9-10,19H,2,8,11H2,1H3. The molecule has 142 valence electrons. The molecule has 0 saturated heterocycles. The van der Waals surface area contributed by atoms with E-state index in [1.54, 1.807) is 12.1 Å². The molecule has 10 heteroatoms. The summed E-state index contributed by atoms with van der Waals surface area (Å²) in [4.78, 5) is 27.5. The Kier molecular flexibility index (Phi) is 5.26. The van der Waals surface area contributed by atoms with Gasteiger partial charge in [-0.2, -0.15) is 0 Å². The van der Waals surface area contributed by atoms with Gasteiger partial charge in [-0.05, 0) is 30.7 Å². The summed E-state index contributed by atoms with van der Waals surface area (Å²) in [6.45, 7) is 1.80. The first-order chi connectivity index (χ1) is 12.9. The Balaban J connectivity index is 1.90. The third-order valence-electron chi connectivity index (χ3n) is 3.62. The first-order valence-electron chi connectivity index (χ1n) is 8.12. The number of nitrogens with one attached hydrogen (secondary N) is 1. The maximum Gasteiger partial charge on any atom is 0.420 e. The van der Waals surface area contributed by atoms with Crippen LogP contribution in [0, 0.1) is 0 Å². The first kappa shape index (κ1) is 18.6. The molecule has 0 bridgehead atoms. The van der Waals surface area contributed by atoms with Crippen LogP contribution in [0.3, 0.4) is 0 Å². The van der Waals surface area contributed by atoms with Crippen LogP contribution in [0.4, 0.5) is 5.69 Å². The highest BCUT2D eigenvalue weighted by Crippen LogP contribution is 2.21. The van der Waals surface area contributed by atoms with Crippen LogP contribution < -0.4 is 10.5 Å². The van der Waals surface area contributed by atoms with Crippen molar-refractivity contribution in [3.63, 3.8) is 0 Å². The molecule has 0 saturated carbocycles. The second-order valence-electron chi connectivity index (χ2n) is 5.65. The molecule has 9 nitrogen and oxygen atoms in total. The van der Waals surface area contributed by atoms with Gasteiger partial charge >= 0.3 is 11.7 Å². The van der Waals surface area contributed by atoms with Crippen molar-refractivity contribution in [2.24, 2.45) is 0 Å². The number of sulfonamides is 1. The Labute approximate surface area is 154 Å². The van der Waals surface area contributed by atoms with E-state index in [4.69, 9.17) is 9.15 Å². The van der Waals surface area contributed by atoms with E-state index in [-0.39, 0.29) is 23.6 Å². The minimum Gasteiger partial charge on any atom is -0.464 e. The van der Waals surface area contributed by atoms with Crippen LogP contribution in [0.25, 0.3) is 11.1 Å². The Morgan fingerprint density at radius 2 is 2.15 bits per heavy atom. The van der Waals surface area contributed by atoms with Gasteiger partial charge in [-0.1, -0.05) is 6.92 Å². The van der Waals surface area contributed by atoms with Gasteiger partial charge in [-0.25, -0.2) is 13.2 Å². The number of carbonyl (C=O) groups is 1. The van der Waals surface area contributed by atoms with E-state index in [1.807, 2.05) is 6.92 Å². The van der Waals surface area contributed by atoms with Crippen molar-refractivity contribution in [1.29, 1.82) is 0 Å². The summed E-state index contributed by atoms with van der Waals surface area (Å²) in [5, 5.41) is 0. The van der Waals surface area contributed by atoms with Crippen molar-refractivity contribution in [2.75, 3.05) is 11.3 Å². The van der Waals surface area contributed by atoms with Gasteiger partial charge in [0.2, 0.25) is 0 Å². The fourth-order valence-corrected chi connectivity index (χ4v) is 3.45. The van der Waals surface area contributed by atoms with Gasteiger partial charge < -0.3 is 9.15 Å². The Morgan fingerprint density at radius 1 is 1.33 bits per heavy atom. The van der Waals surface area contributed by atoms with E-state index < -0.39 is 21.7 Å². The molecule has 3 aromatic rings. The summed E-state index contributed by atoms with van der Waals surface area (Å²) >= 11 is 0. The van der Waals surface area contributed by atoms with Gasteiger partial charge in [0, 0.05) is 12.3 Å². The minimum atomic E-state index is -3.90. The zero-order valence-corrected chi connectivity index (χ0v) is 15.2. The van der Waals surface area contributed by atoms with Crippen molar-refractivity contribution in [2.45, 2.75) is 24.8 Å². The lowest BCUT2D eigenvalue weighted by Crippen LogP contribution is -2.21. The molecule has 0 atom stereocenters. The maximum atomic E-state index is 12.5. The van der Waals surface area contributed by atoms with Gasteiger partial charge in [-0.15, -0.1) is 0 Å². The zero-order chi connectivity index (χ0) is 19.4. The van der Waals surface area contributed by atoms with E-state index in [1.165, 1.54) is 30.6 Å². The van der Waals surface area contributed by atoms with E-state index in [0.717, 1.165) is 4.57 Å². The van der Waals surface area contributed by atoms with Crippen molar-refractivity contribution in [3.05, 3.63) is 53.3 Å². The molecule has 0 spiro atoms. The second-order valence-corrected chi connectivity index (χ2v) is 7.33. The van der Waals surface area contributed by atoms with Crippen molar-refractivity contribution >= 4 is 32.8 Å². The van der Waals surface area contributed by atoms with Gasteiger partial charge in [0.05, 0.1) is 28.9 Å². The van der Waals surface area contributed by atoms with Crippen LogP contribution in [-0.4, -0.2) is 30.5 Å². The molecule has 2 heterocycles. The number of rotatable bonds is 7. The molecular formula is C17H17N3O6S. The predicted octanol–water partition coefficient (Wildman–Crippen LogP) is 1.74. The summed E-state index contributed by atoms with van der Waals surface area (Å²) < 4.78 is 38.5.